The van der Waals surface area contributed by atoms with E-state index < -0.39 is 0 Å². The van der Waals surface area contributed by atoms with E-state index in [1.807, 2.05) is 6.07 Å². The van der Waals surface area contributed by atoms with Gasteiger partial charge in [0.25, 0.3) is 0 Å². The van der Waals surface area contributed by atoms with E-state index in [0.717, 1.165) is 72.6 Å². The molecule has 4 heteroatoms. The first-order chi connectivity index (χ1) is 34.7. The molecule has 14 rings (SSSR count). The number of fused-ring (bicyclic) bond motifs is 9. The fraction of sp³-hybridized carbons (Fsp3) is 0. The number of para-hydroxylation sites is 6. The quantitative estimate of drug-likeness (QED) is 0.152. The van der Waals surface area contributed by atoms with Gasteiger partial charge in [0.1, 0.15) is 11.2 Å². The Bertz CT molecular complexity index is 4070. The molecule has 0 bridgehead atoms. The van der Waals surface area contributed by atoms with Crippen LogP contribution in [0.5, 0.6) is 0 Å². The molecule has 4 nitrogen and oxygen atoms in total. The molecule has 0 saturated heterocycles. The summed E-state index contributed by atoms with van der Waals surface area (Å²) in [6, 6.07) is 94.1. The van der Waals surface area contributed by atoms with Gasteiger partial charge in [-0.2, -0.15) is 0 Å². The predicted octanol–water partition coefficient (Wildman–Crippen LogP) is 18.3. The Kier molecular flexibility index (Phi) is 9.17. The molecule has 3 aromatic heterocycles. The van der Waals surface area contributed by atoms with Crippen molar-refractivity contribution < 1.29 is 4.42 Å². The van der Waals surface area contributed by atoms with E-state index in [-0.39, 0.29) is 0 Å². The van der Waals surface area contributed by atoms with Gasteiger partial charge in [-0.1, -0.05) is 158 Å². The van der Waals surface area contributed by atoms with Crippen molar-refractivity contribution in [2.24, 2.45) is 0 Å². The van der Waals surface area contributed by atoms with E-state index in [9.17, 15) is 0 Å². The summed E-state index contributed by atoms with van der Waals surface area (Å²) in [7, 11) is 0. The molecule has 0 atom stereocenters. The van der Waals surface area contributed by atoms with Gasteiger partial charge in [0.05, 0.1) is 27.8 Å². The molecule has 0 amide bonds. The van der Waals surface area contributed by atoms with Crippen LogP contribution in [0.4, 0.5) is 17.1 Å². The monoisotopic (exact) mass is 893 g/mol. The third kappa shape index (κ3) is 6.38. The molecule has 70 heavy (non-hydrogen) atoms. The van der Waals surface area contributed by atoms with Gasteiger partial charge in [-0.25, -0.2) is 0 Å². The Labute approximate surface area is 404 Å². The standard InChI is InChI=1S/C66H43N3O/c1-3-16-48(17-4-1)68-60-26-12-8-21-53(60)57-42-46(34-40-62(57)68)44-30-36-50(37-31-44)67(59-25-11-7-20-52(59)55-24-15-29-65-66(55)56-23-10-14-28-64(56)70-65)51-38-32-45(33-39-51)47-35-41-63-58(43-47)54-22-9-13-27-61(54)69(63)49-18-5-2-6-19-49/h1-43H. The lowest BCUT2D eigenvalue weighted by atomic mass is 9.96. The minimum Gasteiger partial charge on any atom is -0.456 e. The lowest BCUT2D eigenvalue weighted by Crippen LogP contribution is -2.11. The van der Waals surface area contributed by atoms with Crippen LogP contribution in [0.15, 0.2) is 265 Å². The summed E-state index contributed by atoms with van der Waals surface area (Å²) in [4.78, 5) is 2.40. The SMILES string of the molecule is c1ccc(-n2c3ccccc3c3cc(-c4ccc(N(c5ccc(-c6ccc7c(c6)c6ccccc6n7-c6ccccc6)cc5)c5ccccc5-c5cccc6oc7ccccc7c56)cc4)ccc32)cc1. The van der Waals surface area contributed by atoms with Crippen LogP contribution >= 0.6 is 0 Å². The molecule has 11 aromatic carbocycles. The van der Waals surface area contributed by atoms with Crippen LogP contribution in [0.3, 0.4) is 0 Å². The van der Waals surface area contributed by atoms with Crippen LogP contribution in [0.25, 0.3) is 110 Å². The number of furan rings is 1. The van der Waals surface area contributed by atoms with Crippen molar-refractivity contribution in [2.45, 2.75) is 0 Å². The van der Waals surface area contributed by atoms with Gasteiger partial charge in [0.2, 0.25) is 0 Å². The summed E-state index contributed by atoms with van der Waals surface area (Å²) in [6.07, 6.45) is 0. The molecule has 0 fully saturated rings. The number of hydrogen-bond acceptors (Lipinski definition) is 2. The highest BCUT2D eigenvalue weighted by Crippen LogP contribution is 2.46. The lowest BCUT2D eigenvalue weighted by Gasteiger charge is -2.28. The van der Waals surface area contributed by atoms with E-state index in [1.54, 1.807) is 0 Å². The lowest BCUT2D eigenvalue weighted by molar-refractivity contribution is 0.669. The van der Waals surface area contributed by atoms with Crippen LogP contribution in [0, 0.1) is 0 Å². The van der Waals surface area contributed by atoms with E-state index in [4.69, 9.17) is 4.42 Å². The average molecular weight is 894 g/mol. The summed E-state index contributed by atoms with van der Waals surface area (Å²) < 4.78 is 11.2. The van der Waals surface area contributed by atoms with Crippen LogP contribution < -0.4 is 4.90 Å². The van der Waals surface area contributed by atoms with E-state index in [0.29, 0.717) is 0 Å². The van der Waals surface area contributed by atoms with E-state index >= 15 is 0 Å². The van der Waals surface area contributed by atoms with Crippen molar-refractivity contribution in [3.05, 3.63) is 261 Å². The molecule has 0 spiro atoms. The fourth-order valence-electron chi connectivity index (χ4n) is 10.9. The van der Waals surface area contributed by atoms with Crippen LogP contribution in [0.1, 0.15) is 0 Å². The van der Waals surface area contributed by atoms with Gasteiger partial charge >= 0.3 is 0 Å². The highest BCUT2D eigenvalue weighted by Gasteiger charge is 2.22. The largest absolute Gasteiger partial charge is 0.456 e. The van der Waals surface area contributed by atoms with E-state index in [2.05, 4.69) is 269 Å². The van der Waals surface area contributed by atoms with Gasteiger partial charge in [-0.05, 0) is 131 Å². The number of nitrogens with zero attached hydrogens (tertiary/aromatic N) is 3. The highest BCUT2D eigenvalue weighted by atomic mass is 16.3. The Morgan fingerprint density at radius 2 is 0.714 bits per heavy atom. The summed E-state index contributed by atoms with van der Waals surface area (Å²) in [5, 5.41) is 7.17. The molecule has 0 aliphatic heterocycles. The zero-order valence-corrected chi connectivity index (χ0v) is 38.1. The third-order valence-corrected chi connectivity index (χ3v) is 14.1. The van der Waals surface area contributed by atoms with Gasteiger partial charge in [0, 0.05) is 60.6 Å². The maximum atomic E-state index is 6.43. The number of rotatable bonds is 8. The number of anilines is 3. The molecular weight excluding hydrogens is 851 g/mol. The van der Waals surface area contributed by atoms with Crippen LogP contribution in [0.2, 0.25) is 0 Å². The third-order valence-electron chi connectivity index (χ3n) is 14.1. The summed E-state index contributed by atoms with van der Waals surface area (Å²) in [6.45, 7) is 0. The number of aromatic nitrogens is 2. The summed E-state index contributed by atoms with van der Waals surface area (Å²) in [5.74, 6) is 0. The number of hydrogen-bond donors (Lipinski definition) is 0. The minimum atomic E-state index is 0.876. The van der Waals surface area contributed by atoms with Crippen molar-refractivity contribution in [1.82, 2.24) is 9.13 Å². The zero-order valence-electron chi connectivity index (χ0n) is 38.1. The molecular formula is C66H43N3O. The molecule has 14 aromatic rings. The second kappa shape index (κ2) is 16.2. The van der Waals surface area contributed by atoms with Crippen molar-refractivity contribution in [1.29, 1.82) is 0 Å². The molecule has 0 N–H and O–H groups in total. The Morgan fingerprint density at radius 3 is 1.29 bits per heavy atom. The van der Waals surface area contributed by atoms with Crippen molar-refractivity contribution >= 4 is 82.6 Å². The smallest absolute Gasteiger partial charge is 0.136 e. The molecule has 0 aliphatic rings. The molecule has 328 valence electrons. The number of benzene rings is 11. The van der Waals surface area contributed by atoms with E-state index in [1.165, 1.54) is 54.7 Å². The van der Waals surface area contributed by atoms with Gasteiger partial charge in [-0.3, -0.25) is 0 Å². The maximum Gasteiger partial charge on any atom is 0.136 e. The summed E-state index contributed by atoms with van der Waals surface area (Å²) >= 11 is 0. The average Bonchev–Trinajstić information content (AvgIpc) is 4.10. The first-order valence-corrected chi connectivity index (χ1v) is 23.9. The second-order valence-electron chi connectivity index (χ2n) is 18.1. The fourth-order valence-corrected chi connectivity index (χ4v) is 10.9. The molecule has 3 heterocycles. The highest BCUT2D eigenvalue weighted by molar-refractivity contribution is 6.15. The first-order valence-electron chi connectivity index (χ1n) is 23.9. The van der Waals surface area contributed by atoms with Crippen molar-refractivity contribution in [2.75, 3.05) is 4.90 Å². The normalized spacial score (nSPS) is 11.7. The minimum absolute atomic E-state index is 0.876. The zero-order chi connectivity index (χ0) is 46.1. The molecule has 0 aliphatic carbocycles. The maximum absolute atomic E-state index is 6.43. The molecule has 0 radical (unpaired) electrons. The van der Waals surface area contributed by atoms with Crippen molar-refractivity contribution in [3.63, 3.8) is 0 Å². The van der Waals surface area contributed by atoms with Gasteiger partial charge < -0.3 is 18.5 Å². The van der Waals surface area contributed by atoms with Crippen molar-refractivity contribution in [3.8, 4) is 44.8 Å². The summed E-state index contributed by atoms with van der Waals surface area (Å²) in [5.41, 5.74) is 19.0. The first kappa shape index (κ1) is 39.8. The Morgan fingerprint density at radius 1 is 0.286 bits per heavy atom. The predicted molar refractivity (Wildman–Crippen MR) is 293 cm³/mol. The second-order valence-corrected chi connectivity index (χ2v) is 18.1. The van der Waals surface area contributed by atoms with Crippen LogP contribution in [-0.4, -0.2) is 9.13 Å². The van der Waals surface area contributed by atoms with Crippen LogP contribution in [-0.2, 0) is 0 Å². The Balaban J connectivity index is 0.897. The molecule has 0 saturated carbocycles. The van der Waals surface area contributed by atoms with Gasteiger partial charge in [0.15, 0.2) is 0 Å². The molecule has 0 unspecified atom stereocenters. The Hall–Kier alpha value is -9.38. The van der Waals surface area contributed by atoms with Gasteiger partial charge in [-0.15, -0.1) is 0 Å². The topological polar surface area (TPSA) is 26.2 Å².